The molecule has 3 N–H and O–H groups in total. The summed E-state index contributed by atoms with van der Waals surface area (Å²) in [6, 6.07) is 10.1. The Kier molecular flexibility index (Phi) is 6.40. The Morgan fingerprint density at radius 3 is 1.50 bits per heavy atom. The second-order valence-corrected chi connectivity index (χ2v) is 7.63. The van der Waals surface area contributed by atoms with Crippen molar-refractivity contribution in [2.24, 2.45) is 0 Å². The third-order valence-corrected chi connectivity index (χ3v) is 5.38. The summed E-state index contributed by atoms with van der Waals surface area (Å²) in [6.07, 6.45) is 1.94. The molecule has 2 aromatic rings. The number of benzene rings is 2. The maximum absolute atomic E-state index is 11.6. The van der Waals surface area contributed by atoms with Crippen molar-refractivity contribution in [1.82, 2.24) is 10.6 Å². The van der Waals surface area contributed by atoms with Crippen LogP contribution >= 0.6 is 0 Å². The standard InChI is InChI=1S/C23H22N2O7/c26-19-15-7-5-13(11-17(15)21(28)31-19)3-1-9-24-23(30)25-10-2-4-14-6-8-16-18(12-14)22(29)32-20(16)27/h5-8,11-12,23-25,30H,1-4,9-10H2. The highest BCUT2D eigenvalue weighted by Gasteiger charge is 2.30. The molecule has 2 heterocycles. The van der Waals surface area contributed by atoms with E-state index >= 15 is 0 Å². The fraction of sp³-hybridized carbons (Fsp3) is 0.304. The van der Waals surface area contributed by atoms with Gasteiger partial charge in [-0.25, -0.2) is 19.2 Å². The molecule has 4 rings (SSSR count). The first-order chi connectivity index (χ1) is 15.4. The van der Waals surface area contributed by atoms with Crippen LogP contribution in [0.3, 0.4) is 0 Å². The van der Waals surface area contributed by atoms with Crippen LogP contribution in [0, 0.1) is 0 Å². The highest BCUT2D eigenvalue weighted by atomic mass is 16.6. The predicted octanol–water partition coefficient (Wildman–Crippen LogP) is 1.33. The number of fused-ring (bicyclic) bond motifs is 2. The van der Waals surface area contributed by atoms with Crippen LogP contribution in [-0.2, 0) is 22.3 Å². The monoisotopic (exact) mass is 438 g/mol. The summed E-state index contributed by atoms with van der Waals surface area (Å²) in [5.74, 6) is -2.45. The molecular formula is C23H22N2O7. The molecular weight excluding hydrogens is 416 g/mol. The number of esters is 4. The lowest BCUT2D eigenvalue weighted by Gasteiger charge is -2.14. The molecule has 0 saturated carbocycles. The second-order valence-electron chi connectivity index (χ2n) is 7.63. The number of ether oxygens (including phenoxy) is 2. The van der Waals surface area contributed by atoms with Gasteiger partial charge in [-0.15, -0.1) is 0 Å². The van der Waals surface area contributed by atoms with E-state index in [-0.39, 0.29) is 0 Å². The number of aliphatic hydroxyl groups is 1. The Bertz CT molecular complexity index is 1010. The summed E-state index contributed by atoms with van der Waals surface area (Å²) in [5.41, 5.74) is 3.02. The zero-order valence-electron chi connectivity index (χ0n) is 17.2. The second kappa shape index (κ2) is 9.39. The molecule has 2 aliphatic heterocycles. The first kappa shape index (κ1) is 21.8. The van der Waals surface area contributed by atoms with Gasteiger partial charge in [-0.3, -0.25) is 10.6 Å². The Labute approximate surface area is 183 Å². The van der Waals surface area contributed by atoms with Crippen LogP contribution in [0.2, 0.25) is 0 Å². The smallest absolute Gasteiger partial charge is 0.346 e. The van der Waals surface area contributed by atoms with Crippen LogP contribution in [0.1, 0.15) is 65.4 Å². The van der Waals surface area contributed by atoms with E-state index in [2.05, 4.69) is 20.1 Å². The molecule has 0 aliphatic carbocycles. The number of carbonyl (C=O) groups is 4. The highest BCUT2D eigenvalue weighted by molar-refractivity contribution is 6.15. The average Bonchev–Trinajstić information content (AvgIpc) is 3.22. The fourth-order valence-corrected chi connectivity index (χ4v) is 3.71. The summed E-state index contributed by atoms with van der Waals surface area (Å²) in [4.78, 5) is 46.1. The predicted molar refractivity (Wildman–Crippen MR) is 111 cm³/mol. The van der Waals surface area contributed by atoms with Crippen molar-refractivity contribution in [3.05, 3.63) is 69.8 Å². The first-order valence-electron chi connectivity index (χ1n) is 10.4. The molecule has 0 radical (unpaired) electrons. The van der Waals surface area contributed by atoms with Crippen LogP contribution in [0.15, 0.2) is 36.4 Å². The number of aryl methyl sites for hydroxylation is 2. The van der Waals surface area contributed by atoms with Crippen molar-refractivity contribution in [1.29, 1.82) is 0 Å². The van der Waals surface area contributed by atoms with Gasteiger partial charge in [0.1, 0.15) is 0 Å². The highest BCUT2D eigenvalue weighted by Crippen LogP contribution is 2.22. The minimum absolute atomic E-state index is 0.296. The third kappa shape index (κ3) is 4.75. The van der Waals surface area contributed by atoms with Gasteiger partial charge in [0.25, 0.3) is 0 Å². The summed E-state index contributed by atoms with van der Waals surface area (Å²) in [5, 5.41) is 15.9. The zero-order chi connectivity index (χ0) is 22.7. The van der Waals surface area contributed by atoms with Crippen molar-refractivity contribution in [2.75, 3.05) is 13.1 Å². The van der Waals surface area contributed by atoms with Gasteiger partial charge in [-0.2, -0.15) is 0 Å². The lowest BCUT2D eigenvalue weighted by Crippen LogP contribution is -2.43. The Morgan fingerprint density at radius 2 is 1.06 bits per heavy atom. The van der Waals surface area contributed by atoms with E-state index in [1.54, 1.807) is 36.4 Å². The summed E-state index contributed by atoms with van der Waals surface area (Å²) < 4.78 is 9.16. The van der Waals surface area contributed by atoms with Gasteiger partial charge in [0.2, 0.25) is 0 Å². The van der Waals surface area contributed by atoms with Crippen LogP contribution in [0.5, 0.6) is 0 Å². The van der Waals surface area contributed by atoms with Crippen LogP contribution < -0.4 is 10.6 Å². The molecule has 0 aromatic heterocycles. The summed E-state index contributed by atoms with van der Waals surface area (Å²) in [7, 11) is 0. The number of carbonyl (C=O) groups excluding carboxylic acids is 4. The normalized spacial score (nSPS) is 14.6. The largest absolute Gasteiger partial charge is 0.386 e. The average molecular weight is 438 g/mol. The molecule has 0 bridgehead atoms. The van der Waals surface area contributed by atoms with E-state index < -0.39 is 30.2 Å². The molecule has 0 saturated heterocycles. The number of hydrogen-bond acceptors (Lipinski definition) is 9. The number of cyclic esters (lactones) is 4. The molecule has 0 amide bonds. The number of nitrogens with one attached hydrogen (secondary N) is 2. The van der Waals surface area contributed by atoms with E-state index in [0.717, 1.165) is 24.0 Å². The molecule has 9 nitrogen and oxygen atoms in total. The Hall–Kier alpha value is -3.40. The van der Waals surface area contributed by atoms with Gasteiger partial charge in [-0.1, -0.05) is 12.1 Å². The molecule has 0 unspecified atom stereocenters. The molecule has 0 spiro atoms. The zero-order valence-corrected chi connectivity index (χ0v) is 17.2. The van der Waals surface area contributed by atoms with E-state index in [1.165, 1.54) is 0 Å². The Balaban J connectivity index is 1.13. The van der Waals surface area contributed by atoms with Crippen LogP contribution in [0.4, 0.5) is 0 Å². The fourth-order valence-electron chi connectivity index (χ4n) is 3.71. The molecule has 2 aromatic carbocycles. The molecule has 0 atom stereocenters. The van der Waals surface area contributed by atoms with E-state index in [9.17, 15) is 24.3 Å². The van der Waals surface area contributed by atoms with Crippen molar-refractivity contribution < 1.29 is 33.8 Å². The number of hydrogen-bond donors (Lipinski definition) is 3. The van der Waals surface area contributed by atoms with Gasteiger partial charge in [-0.05, 0) is 74.2 Å². The molecule has 2 aliphatic rings. The Morgan fingerprint density at radius 1 is 0.656 bits per heavy atom. The van der Waals surface area contributed by atoms with Crippen molar-refractivity contribution in [2.45, 2.75) is 32.0 Å². The van der Waals surface area contributed by atoms with E-state index in [0.29, 0.717) is 48.2 Å². The maximum atomic E-state index is 11.6. The molecule has 0 fully saturated rings. The van der Waals surface area contributed by atoms with Crippen molar-refractivity contribution in [3.63, 3.8) is 0 Å². The van der Waals surface area contributed by atoms with Crippen molar-refractivity contribution in [3.8, 4) is 0 Å². The van der Waals surface area contributed by atoms with Gasteiger partial charge < -0.3 is 14.6 Å². The summed E-state index contributed by atoms with van der Waals surface area (Å²) in [6.45, 7) is 1.10. The topological polar surface area (TPSA) is 131 Å². The van der Waals surface area contributed by atoms with E-state index in [4.69, 9.17) is 0 Å². The summed E-state index contributed by atoms with van der Waals surface area (Å²) >= 11 is 0. The third-order valence-electron chi connectivity index (χ3n) is 5.38. The van der Waals surface area contributed by atoms with Crippen molar-refractivity contribution >= 4 is 23.9 Å². The molecule has 9 heteroatoms. The number of aliphatic hydroxyl groups excluding tert-OH is 1. The minimum atomic E-state index is -0.866. The van der Waals surface area contributed by atoms with E-state index in [1.807, 2.05) is 0 Å². The van der Waals surface area contributed by atoms with Crippen LogP contribution in [-0.4, -0.2) is 48.4 Å². The lowest BCUT2D eigenvalue weighted by molar-refractivity contribution is 0.0425. The number of rotatable bonds is 10. The quantitative estimate of drug-likeness (QED) is 0.218. The molecule has 32 heavy (non-hydrogen) atoms. The SMILES string of the molecule is O=C1OC(=O)c2cc(CCCNC(O)NCCCc3ccc4c(c3)C(=O)OC4=O)ccc21. The van der Waals surface area contributed by atoms with Gasteiger partial charge >= 0.3 is 23.9 Å². The van der Waals surface area contributed by atoms with Gasteiger partial charge in [0, 0.05) is 0 Å². The molecule has 166 valence electrons. The first-order valence-corrected chi connectivity index (χ1v) is 10.4. The van der Waals surface area contributed by atoms with Gasteiger partial charge in [0.05, 0.1) is 22.3 Å². The maximum Gasteiger partial charge on any atom is 0.346 e. The van der Waals surface area contributed by atoms with Gasteiger partial charge in [0.15, 0.2) is 6.35 Å². The minimum Gasteiger partial charge on any atom is -0.386 e. The lowest BCUT2D eigenvalue weighted by atomic mass is 10.0. The van der Waals surface area contributed by atoms with Crippen LogP contribution in [0.25, 0.3) is 0 Å².